The average molecular weight is 237 g/mol. The highest BCUT2D eigenvalue weighted by atomic mass is 16.5. The van der Waals surface area contributed by atoms with E-state index in [0.29, 0.717) is 6.61 Å². The Labute approximate surface area is 101 Å². The van der Waals surface area contributed by atoms with Gasteiger partial charge >= 0.3 is 0 Å². The van der Waals surface area contributed by atoms with Gasteiger partial charge in [-0.1, -0.05) is 6.07 Å². The maximum absolute atomic E-state index is 9.13. The van der Waals surface area contributed by atoms with Crippen LogP contribution in [0.25, 0.3) is 0 Å². The number of hydrogen-bond donors (Lipinski definition) is 2. The van der Waals surface area contributed by atoms with E-state index in [1.165, 1.54) is 0 Å². The molecule has 1 aliphatic heterocycles. The molecule has 0 atom stereocenters. The number of hydrogen-bond acceptors (Lipinski definition) is 4. The monoisotopic (exact) mass is 237 g/mol. The van der Waals surface area contributed by atoms with Crippen molar-refractivity contribution in [1.82, 2.24) is 4.90 Å². The van der Waals surface area contributed by atoms with Gasteiger partial charge in [-0.15, -0.1) is 0 Å². The lowest BCUT2D eigenvalue weighted by Crippen LogP contribution is -2.27. The van der Waals surface area contributed by atoms with E-state index in [4.69, 9.17) is 14.9 Å². The Morgan fingerprint density at radius 2 is 2.18 bits per heavy atom. The van der Waals surface area contributed by atoms with Crippen LogP contribution in [0.5, 0.6) is 5.75 Å². The number of fused-ring (bicyclic) bond motifs is 1. The van der Waals surface area contributed by atoms with Gasteiger partial charge in [-0.3, -0.25) is 4.90 Å². The summed E-state index contributed by atoms with van der Waals surface area (Å²) < 4.78 is 5.67. The van der Waals surface area contributed by atoms with E-state index >= 15 is 0 Å². The molecular formula is C13H19NO3. The molecule has 4 heteroatoms. The van der Waals surface area contributed by atoms with Gasteiger partial charge in [-0.25, -0.2) is 0 Å². The van der Waals surface area contributed by atoms with Crippen molar-refractivity contribution in [2.45, 2.75) is 19.6 Å². The van der Waals surface area contributed by atoms with Crippen LogP contribution in [0.2, 0.25) is 0 Å². The summed E-state index contributed by atoms with van der Waals surface area (Å²) in [6.45, 7) is 3.54. The van der Waals surface area contributed by atoms with Crippen molar-refractivity contribution in [2.24, 2.45) is 0 Å². The predicted octanol–water partition coefficient (Wildman–Crippen LogP) is 0.756. The van der Waals surface area contributed by atoms with E-state index in [-0.39, 0.29) is 13.2 Å². The fourth-order valence-corrected chi connectivity index (χ4v) is 2.09. The van der Waals surface area contributed by atoms with Crippen LogP contribution in [0.1, 0.15) is 17.5 Å². The minimum absolute atomic E-state index is 0.0594. The van der Waals surface area contributed by atoms with Gasteiger partial charge in [0.2, 0.25) is 0 Å². The zero-order valence-corrected chi connectivity index (χ0v) is 9.93. The highest BCUT2D eigenvalue weighted by molar-refractivity contribution is 5.37. The molecule has 1 aromatic carbocycles. The van der Waals surface area contributed by atoms with Gasteiger partial charge in [0.05, 0.1) is 6.61 Å². The molecule has 0 spiro atoms. The van der Waals surface area contributed by atoms with Crippen molar-refractivity contribution < 1.29 is 14.9 Å². The molecular weight excluding hydrogens is 218 g/mol. The first-order chi connectivity index (χ1) is 8.33. The second-order valence-corrected chi connectivity index (χ2v) is 4.30. The topological polar surface area (TPSA) is 52.9 Å². The van der Waals surface area contributed by atoms with Gasteiger partial charge in [0.15, 0.2) is 0 Å². The maximum atomic E-state index is 9.13. The number of nitrogens with zero attached hydrogens (tertiary/aromatic N) is 1. The van der Waals surface area contributed by atoms with E-state index in [9.17, 15) is 0 Å². The first kappa shape index (κ1) is 12.4. The third-order valence-corrected chi connectivity index (χ3v) is 3.00. The highest BCUT2D eigenvalue weighted by Gasteiger charge is 2.15. The summed E-state index contributed by atoms with van der Waals surface area (Å²) in [7, 11) is 0. The molecule has 0 saturated carbocycles. The lowest BCUT2D eigenvalue weighted by molar-refractivity contribution is 0.200. The number of benzene rings is 1. The molecule has 0 aromatic heterocycles. The Hall–Kier alpha value is -1.10. The van der Waals surface area contributed by atoms with Gasteiger partial charge < -0.3 is 14.9 Å². The smallest absolute Gasteiger partial charge is 0.123 e. The number of aliphatic hydroxyl groups excluding tert-OH is 2. The van der Waals surface area contributed by atoms with Crippen molar-refractivity contribution in [2.75, 3.05) is 26.3 Å². The maximum Gasteiger partial charge on any atom is 0.123 e. The Morgan fingerprint density at radius 3 is 2.94 bits per heavy atom. The first-order valence-corrected chi connectivity index (χ1v) is 6.02. The minimum Gasteiger partial charge on any atom is -0.492 e. The number of aliphatic hydroxyl groups is 2. The van der Waals surface area contributed by atoms with E-state index in [2.05, 4.69) is 4.90 Å². The molecule has 0 amide bonds. The van der Waals surface area contributed by atoms with E-state index < -0.39 is 0 Å². The van der Waals surface area contributed by atoms with Gasteiger partial charge in [-0.2, -0.15) is 0 Å². The van der Waals surface area contributed by atoms with Crippen LogP contribution in [0, 0.1) is 0 Å². The van der Waals surface area contributed by atoms with Gasteiger partial charge in [0.25, 0.3) is 0 Å². The lowest BCUT2D eigenvalue weighted by atomic mass is 10.1. The van der Waals surface area contributed by atoms with Crippen LogP contribution in [-0.2, 0) is 13.2 Å². The average Bonchev–Trinajstić information content (AvgIpc) is 2.56. The third kappa shape index (κ3) is 3.19. The fourth-order valence-electron chi connectivity index (χ4n) is 2.09. The Kier molecular flexibility index (Phi) is 4.36. The zero-order chi connectivity index (χ0) is 12.1. The fraction of sp³-hybridized carbons (Fsp3) is 0.538. The molecule has 4 nitrogen and oxygen atoms in total. The summed E-state index contributed by atoms with van der Waals surface area (Å²) in [5.41, 5.74) is 2.03. The second kappa shape index (κ2) is 6.00. The molecule has 0 aliphatic carbocycles. The summed E-state index contributed by atoms with van der Waals surface area (Å²) in [5, 5.41) is 18.0. The van der Waals surface area contributed by atoms with Crippen LogP contribution in [0.3, 0.4) is 0 Å². The first-order valence-electron chi connectivity index (χ1n) is 6.02. The van der Waals surface area contributed by atoms with Crippen molar-refractivity contribution in [3.8, 4) is 5.75 Å². The molecule has 2 N–H and O–H groups in total. The number of ether oxygens (including phenoxy) is 1. The minimum atomic E-state index is 0.0594. The molecule has 1 aliphatic rings. The predicted molar refractivity (Wildman–Crippen MR) is 64.8 cm³/mol. The molecule has 0 fully saturated rings. The number of rotatable bonds is 4. The molecule has 0 radical (unpaired) electrons. The highest BCUT2D eigenvalue weighted by Crippen LogP contribution is 2.24. The molecule has 0 bridgehead atoms. The van der Waals surface area contributed by atoms with Crippen LogP contribution in [0.15, 0.2) is 18.2 Å². The molecule has 94 valence electrons. The van der Waals surface area contributed by atoms with Crippen LogP contribution < -0.4 is 4.74 Å². The van der Waals surface area contributed by atoms with Crippen LogP contribution in [-0.4, -0.2) is 41.4 Å². The SMILES string of the molecule is OCCCN1CCOc2ccc(CO)cc2C1. The third-order valence-electron chi connectivity index (χ3n) is 3.00. The van der Waals surface area contributed by atoms with Crippen LogP contribution >= 0.6 is 0 Å². The summed E-state index contributed by atoms with van der Waals surface area (Å²) in [6, 6.07) is 5.81. The van der Waals surface area contributed by atoms with Crippen molar-refractivity contribution in [3.05, 3.63) is 29.3 Å². The van der Waals surface area contributed by atoms with Crippen LogP contribution in [0.4, 0.5) is 0 Å². The summed E-state index contributed by atoms with van der Waals surface area (Å²) in [6.07, 6.45) is 0.787. The van der Waals surface area contributed by atoms with Gasteiger partial charge in [0, 0.05) is 31.8 Å². The van der Waals surface area contributed by atoms with Gasteiger partial charge in [-0.05, 0) is 24.1 Å². The molecule has 2 rings (SSSR count). The zero-order valence-electron chi connectivity index (χ0n) is 9.93. The lowest BCUT2D eigenvalue weighted by Gasteiger charge is -2.18. The van der Waals surface area contributed by atoms with Crippen molar-refractivity contribution >= 4 is 0 Å². The van der Waals surface area contributed by atoms with E-state index in [1.54, 1.807) is 0 Å². The van der Waals surface area contributed by atoms with Crippen molar-refractivity contribution in [3.63, 3.8) is 0 Å². The second-order valence-electron chi connectivity index (χ2n) is 4.30. The van der Waals surface area contributed by atoms with Gasteiger partial charge in [0.1, 0.15) is 12.4 Å². The summed E-state index contributed by atoms with van der Waals surface area (Å²) >= 11 is 0. The summed E-state index contributed by atoms with van der Waals surface area (Å²) in [4.78, 5) is 2.27. The Balaban J connectivity index is 2.11. The Bertz CT molecular complexity index is 366. The molecule has 0 unspecified atom stereocenters. The summed E-state index contributed by atoms with van der Waals surface area (Å²) in [5.74, 6) is 0.911. The molecule has 1 aromatic rings. The van der Waals surface area contributed by atoms with Crippen molar-refractivity contribution in [1.29, 1.82) is 0 Å². The molecule has 1 heterocycles. The Morgan fingerprint density at radius 1 is 1.29 bits per heavy atom. The van der Waals surface area contributed by atoms with E-state index in [1.807, 2.05) is 18.2 Å². The largest absolute Gasteiger partial charge is 0.492 e. The quantitative estimate of drug-likeness (QED) is 0.811. The standard InChI is InChI=1S/C13H19NO3/c15-6-1-4-14-5-7-17-13-3-2-11(10-16)8-12(13)9-14/h2-3,8,15-16H,1,4-7,9-10H2. The van der Waals surface area contributed by atoms with E-state index in [0.717, 1.165) is 42.9 Å². The molecule has 17 heavy (non-hydrogen) atoms. The normalized spacial score (nSPS) is 16.1. The molecule has 0 saturated heterocycles.